The molecular formula is C12H11NO. The van der Waals surface area contributed by atoms with Crippen LogP contribution in [0.4, 0.5) is 5.69 Å². The molecule has 0 amide bonds. The number of benzene rings is 1. The molecule has 2 heteroatoms. The van der Waals surface area contributed by atoms with Gasteiger partial charge in [0.15, 0.2) is 5.78 Å². The van der Waals surface area contributed by atoms with Crippen molar-refractivity contribution in [3.63, 3.8) is 0 Å². The average molecular weight is 185 g/mol. The molecule has 2 nitrogen and oxygen atoms in total. The number of aliphatic imine (C=N–C) groups is 1. The molecule has 1 heterocycles. The molecule has 14 heavy (non-hydrogen) atoms. The summed E-state index contributed by atoms with van der Waals surface area (Å²) in [5.74, 6) is 0.382. The van der Waals surface area contributed by atoms with Crippen molar-refractivity contribution in [1.29, 1.82) is 0 Å². The zero-order chi connectivity index (χ0) is 9.54. The molecule has 0 N–H and O–H groups in total. The Morgan fingerprint density at radius 2 is 2.14 bits per heavy atom. The van der Waals surface area contributed by atoms with E-state index in [1.165, 1.54) is 0 Å². The molecule has 1 aromatic carbocycles. The Labute approximate surface area is 82.7 Å². The number of nitrogens with zero attached hydrogens (tertiary/aromatic N) is 1. The highest BCUT2D eigenvalue weighted by Gasteiger charge is 2.34. The minimum atomic E-state index is 0.102. The largest absolute Gasteiger partial charge is 0.293 e. The lowest BCUT2D eigenvalue weighted by Crippen LogP contribution is -2.22. The molecule has 1 aliphatic carbocycles. The van der Waals surface area contributed by atoms with Crippen molar-refractivity contribution in [3.05, 3.63) is 29.8 Å². The smallest absolute Gasteiger partial charge is 0.173 e. The lowest BCUT2D eigenvalue weighted by atomic mass is 9.91. The molecule has 0 spiro atoms. The van der Waals surface area contributed by atoms with Crippen LogP contribution in [0.25, 0.3) is 0 Å². The fourth-order valence-corrected chi connectivity index (χ4v) is 2.37. The molecule has 0 radical (unpaired) electrons. The first-order valence-electron chi connectivity index (χ1n) is 5.07. The van der Waals surface area contributed by atoms with Crippen molar-refractivity contribution in [2.24, 2.45) is 10.9 Å². The molecular weight excluding hydrogens is 174 g/mol. The number of hydrogen-bond acceptors (Lipinski definition) is 2. The second kappa shape index (κ2) is 2.77. The highest BCUT2D eigenvalue weighted by Crippen LogP contribution is 2.35. The normalized spacial score (nSPS) is 24.1. The van der Waals surface area contributed by atoms with E-state index in [2.05, 4.69) is 4.99 Å². The summed E-state index contributed by atoms with van der Waals surface area (Å²) in [6.07, 6.45) is 3.11. The number of fused-ring (bicyclic) bond motifs is 2. The first-order chi connectivity index (χ1) is 6.86. The van der Waals surface area contributed by atoms with Gasteiger partial charge in [0.25, 0.3) is 0 Å². The van der Waals surface area contributed by atoms with Crippen molar-refractivity contribution in [3.8, 4) is 0 Å². The number of carbonyl (C=O) groups is 1. The Bertz CT molecular complexity index is 434. The van der Waals surface area contributed by atoms with Gasteiger partial charge >= 0.3 is 0 Å². The zero-order valence-electron chi connectivity index (χ0n) is 7.86. The van der Waals surface area contributed by atoms with Crippen LogP contribution in [0.15, 0.2) is 29.3 Å². The molecule has 0 aromatic heterocycles. The number of carbonyl (C=O) groups excluding carboxylic acids is 1. The number of ketones is 1. The van der Waals surface area contributed by atoms with Gasteiger partial charge in [-0.3, -0.25) is 9.79 Å². The van der Waals surface area contributed by atoms with Gasteiger partial charge in [0.1, 0.15) is 0 Å². The zero-order valence-corrected chi connectivity index (χ0v) is 7.86. The van der Waals surface area contributed by atoms with Crippen LogP contribution in [-0.4, -0.2) is 11.5 Å². The third-order valence-corrected chi connectivity index (χ3v) is 3.08. The van der Waals surface area contributed by atoms with Crippen molar-refractivity contribution in [2.45, 2.75) is 19.3 Å². The summed E-state index contributed by atoms with van der Waals surface area (Å²) in [5.41, 5.74) is 2.78. The van der Waals surface area contributed by atoms with E-state index in [0.717, 1.165) is 36.2 Å². The standard InChI is InChI=1S/C12H11NO/c14-12-8-4-1-2-6-10(8)13-11-7-3-5-9(11)12/h1-2,4,6,9H,3,5,7H2. The van der Waals surface area contributed by atoms with E-state index < -0.39 is 0 Å². The maximum atomic E-state index is 12.0. The number of rotatable bonds is 0. The molecule has 70 valence electrons. The molecule has 1 unspecified atom stereocenters. The van der Waals surface area contributed by atoms with E-state index >= 15 is 0 Å². The lowest BCUT2D eigenvalue weighted by Gasteiger charge is -2.17. The highest BCUT2D eigenvalue weighted by molar-refractivity contribution is 6.18. The summed E-state index contributed by atoms with van der Waals surface area (Å²) in [6.45, 7) is 0. The van der Waals surface area contributed by atoms with E-state index in [4.69, 9.17) is 0 Å². The first-order valence-corrected chi connectivity index (χ1v) is 5.07. The molecule has 0 bridgehead atoms. The van der Waals surface area contributed by atoms with Gasteiger partial charge in [-0.1, -0.05) is 12.1 Å². The number of hydrogen-bond donors (Lipinski definition) is 0. The Morgan fingerprint density at radius 1 is 1.29 bits per heavy atom. The Balaban J connectivity index is 2.20. The van der Waals surface area contributed by atoms with Crippen LogP contribution in [-0.2, 0) is 0 Å². The van der Waals surface area contributed by atoms with Crippen molar-refractivity contribution in [2.75, 3.05) is 0 Å². The quantitative estimate of drug-likeness (QED) is 0.611. The Kier molecular flexibility index (Phi) is 1.57. The SMILES string of the molecule is O=C1c2ccccc2N=C2CCCC12. The molecule has 1 fully saturated rings. The topological polar surface area (TPSA) is 29.4 Å². The third kappa shape index (κ3) is 0.969. The van der Waals surface area contributed by atoms with Crippen LogP contribution >= 0.6 is 0 Å². The van der Waals surface area contributed by atoms with Gasteiger partial charge < -0.3 is 0 Å². The maximum absolute atomic E-state index is 12.0. The number of Topliss-reactive ketones (excluding diaryl/α,β-unsaturated/α-hetero) is 1. The van der Waals surface area contributed by atoms with Gasteiger partial charge in [0.05, 0.1) is 11.6 Å². The van der Waals surface area contributed by atoms with Crippen LogP contribution in [0.3, 0.4) is 0 Å². The van der Waals surface area contributed by atoms with Gasteiger partial charge in [0, 0.05) is 11.3 Å². The molecule has 2 aliphatic rings. The molecule has 0 saturated heterocycles. The second-order valence-electron chi connectivity index (χ2n) is 3.93. The van der Waals surface area contributed by atoms with Crippen molar-refractivity contribution < 1.29 is 4.79 Å². The number of para-hydroxylation sites is 1. The molecule has 1 saturated carbocycles. The monoisotopic (exact) mass is 185 g/mol. The van der Waals surface area contributed by atoms with E-state index in [9.17, 15) is 4.79 Å². The first kappa shape index (κ1) is 7.92. The predicted molar refractivity (Wildman–Crippen MR) is 55.2 cm³/mol. The van der Waals surface area contributed by atoms with E-state index in [1.54, 1.807) is 0 Å². The summed E-state index contributed by atoms with van der Waals surface area (Å²) < 4.78 is 0. The fraction of sp³-hybridized carbons (Fsp3) is 0.333. The predicted octanol–water partition coefficient (Wildman–Crippen LogP) is 2.76. The van der Waals surface area contributed by atoms with Gasteiger partial charge in [-0.05, 0) is 31.4 Å². The average Bonchev–Trinajstić information content (AvgIpc) is 2.66. The maximum Gasteiger partial charge on any atom is 0.173 e. The third-order valence-electron chi connectivity index (χ3n) is 3.08. The summed E-state index contributed by atoms with van der Waals surface area (Å²) >= 11 is 0. The molecule has 3 rings (SSSR count). The molecule has 1 aliphatic heterocycles. The van der Waals surface area contributed by atoms with Crippen LogP contribution < -0.4 is 0 Å². The summed E-state index contributed by atoms with van der Waals surface area (Å²) in [7, 11) is 0. The van der Waals surface area contributed by atoms with Crippen molar-refractivity contribution >= 4 is 17.2 Å². The summed E-state index contributed by atoms with van der Waals surface area (Å²) in [4.78, 5) is 16.6. The highest BCUT2D eigenvalue weighted by atomic mass is 16.1. The second-order valence-corrected chi connectivity index (χ2v) is 3.93. The van der Waals surface area contributed by atoms with Gasteiger partial charge in [-0.15, -0.1) is 0 Å². The van der Waals surface area contributed by atoms with Crippen LogP contribution in [0, 0.1) is 5.92 Å². The minimum Gasteiger partial charge on any atom is -0.293 e. The van der Waals surface area contributed by atoms with Crippen LogP contribution in [0.5, 0.6) is 0 Å². The molecule has 1 aromatic rings. The van der Waals surface area contributed by atoms with Crippen LogP contribution in [0.1, 0.15) is 29.6 Å². The van der Waals surface area contributed by atoms with Gasteiger partial charge in [0.2, 0.25) is 0 Å². The minimum absolute atomic E-state index is 0.102. The van der Waals surface area contributed by atoms with E-state index in [-0.39, 0.29) is 11.7 Å². The fourth-order valence-electron chi connectivity index (χ4n) is 2.37. The summed E-state index contributed by atoms with van der Waals surface area (Å²) in [5, 5.41) is 0. The van der Waals surface area contributed by atoms with Crippen LogP contribution in [0.2, 0.25) is 0 Å². The van der Waals surface area contributed by atoms with Gasteiger partial charge in [-0.2, -0.15) is 0 Å². The Hall–Kier alpha value is -1.44. The van der Waals surface area contributed by atoms with Crippen molar-refractivity contribution in [1.82, 2.24) is 0 Å². The summed E-state index contributed by atoms with van der Waals surface area (Å²) in [6, 6.07) is 7.66. The van der Waals surface area contributed by atoms with Gasteiger partial charge in [-0.25, -0.2) is 0 Å². The lowest BCUT2D eigenvalue weighted by molar-refractivity contribution is 0.0953. The van der Waals surface area contributed by atoms with E-state index in [1.807, 2.05) is 24.3 Å². The van der Waals surface area contributed by atoms with E-state index in [0.29, 0.717) is 0 Å². The Morgan fingerprint density at radius 3 is 3.07 bits per heavy atom. The molecule has 1 atom stereocenters.